The van der Waals surface area contributed by atoms with Crippen LogP contribution in [0.5, 0.6) is 0 Å². The predicted octanol–water partition coefficient (Wildman–Crippen LogP) is 3.04. The molecule has 0 saturated carbocycles. The molecule has 4 nitrogen and oxygen atoms in total. The van der Waals surface area contributed by atoms with Crippen molar-refractivity contribution in [2.75, 3.05) is 11.1 Å². The van der Waals surface area contributed by atoms with Crippen LogP contribution in [-0.4, -0.2) is 33.4 Å². The van der Waals surface area contributed by atoms with E-state index in [1.54, 1.807) is 22.7 Å². The van der Waals surface area contributed by atoms with Gasteiger partial charge in [-0.15, -0.1) is 11.8 Å². The topological polar surface area (TPSA) is 49.4 Å². The van der Waals surface area contributed by atoms with Crippen molar-refractivity contribution < 1.29 is 9.59 Å². The van der Waals surface area contributed by atoms with E-state index in [1.165, 1.54) is 0 Å². The highest BCUT2D eigenvalue weighted by Crippen LogP contribution is 2.47. The molecule has 0 bridgehead atoms. The molecule has 2 aliphatic rings. The van der Waals surface area contributed by atoms with Gasteiger partial charge in [-0.2, -0.15) is 0 Å². The van der Waals surface area contributed by atoms with Crippen LogP contribution in [-0.2, 0) is 9.59 Å². The van der Waals surface area contributed by atoms with Crippen molar-refractivity contribution in [2.45, 2.75) is 37.6 Å². The summed E-state index contributed by atoms with van der Waals surface area (Å²) in [5.41, 5.74) is 1.63. The summed E-state index contributed by atoms with van der Waals surface area (Å²) in [6.45, 7) is 3.95. The van der Waals surface area contributed by atoms with Crippen LogP contribution >= 0.6 is 23.4 Å². The van der Waals surface area contributed by atoms with E-state index < -0.39 is 6.04 Å². The van der Waals surface area contributed by atoms with E-state index in [2.05, 4.69) is 5.32 Å². The molecule has 2 amide bonds. The molecular formula is C15H17ClN2O2S. The number of carbonyl (C=O) groups is 2. The number of halogens is 1. The molecule has 112 valence electrons. The first-order valence-corrected chi connectivity index (χ1v) is 8.30. The van der Waals surface area contributed by atoms with E-state index in [9.17, 15) is 9.59 Å². The number of carbonyl (C=O) groups excluding carboxylic acids is 2. The van der Waals surface area contributed by atoms with Crippen molar-refractivity contribution in [3.05, 3.63) is 28.8 Å². The zero-order valence-electron chi connectivity index (χ0n) is 12.0. The summed E-state index contributed by atoms with van der Waals surface area (Å²) >= 11 is 7.76. The van der Waals surface area contributed by atoms with E-state index in [-0.39, 0.29) is 16.7 Å². The van der Waals surface area contributed by atoms with Crippen LogP contribution in [0.2, 0.25) is 5.02 Å². The van der Waals surface area contributed by atoms with Crippen LogP contribution < -0.4 is 5.32 Å². The molecule has 0 radical (unpaired) electrons. The normalized spacial score (nSPS) is 27.9. The Balaban J connectivity index is 1.77. The Morgan fingerprint density at radius 2 is 2.29 bits per heavy atom. The summed E-state index contributed by atoms with van der Waals surface area (Å²) in [5, 5.41) is 3.49. The molecule has 2 saturated heterocycles. The first-order valence-electron chi connectivity index (χ1n) is 6.94. The van der Waals surface area contributed by atoms with Crippen molar-refractivity contribution in [2.24, 2.45) is 0 Å². The minimum Gasteiger partial charge on any atom is -0.324 e. The Morgan fingerprint density at radius 3 is 3.00 bits per heavy atom. The van der Waals surface area contributed by atoms with Gasteiger partial charge in [0.1, 0.15) is 6.04 Å². The van der Waals surface area contributed by atoms with Gasteiger partial charge >= 0.3 is 0 Å². The smallest absolute Gasteiger partial charge is 0.248 e. The second-order valence-corrected chi connectivity index (χ2v) is 7.63. The van der Waals surface area contributed by atoms with Crippen LogP contribution in [0.15, 0.2) is 18.2 Å². The summed E-state index contributed by atoms with van der Waals surface area (Å²) in [5.74, 6) is 0.583. The van der Waals surface area contributed by atoms with Gasteiger partial charge in [-0.3, -0.25) is 9.59 Å². The van der Waals surface area contributed by atoms with Gasteiger partial charge in [0, 0.05) is 22.9 Å². The number of nitrogens with one attached hydrogen (secondary N) is 1. The Hall–Kier alpha value is -1.20. The number of hydrogen-bond acceptors (Lipinski definition) is 3. The molecule has 2 heterocycles. The zero-order chi connectivity index (χ0) is 15.2. The summed E-state index contributed by atoms with van der Waals surface area (Å²) in [4.78, 5) is 26.1. The fourth-order valence-electron chi connectivity index (χ4n) is 2.91. The van der Waals surface area contributed by atoms with Gasteiger partial charge in [-0.05, 0) is 38.0 Å². The number of fused-ring (bicyclic) bond motifs is 1. The largest absolute Gasteiger partial charge is 0.324 e. The predicted molar refractivity (Wildman–Crippen MR) is 85.5 cm³/mol. The molecule has 2 aliphatic heterocycles. The van der Waals surface area contributed by atoms with Gasteiger partial charge in [0.2, 0.25) is 11.8 Å². The fraction of sp³-hybridized carbons (Fsp3) is 0.467. The van der Waals surface area contributed by atoms with Gasteiger partial charge in [0.15, 0.2) is 0 Å². The number of nitrogens with zero attached hydrogens (tertiary/aromatic N) is 1. The lowest BCUT2D eigenvalue weighted by Crippen LogP contribution is -2.48. The summed E-state index contributed by atoms with van der Waals surface area (Å²) in [6, 6.07) is 5.04. The molecule has 6 heteroatoms. The summed E-state index contributed by atoms with van der Waals surface area (Å²) in [7, 11) is 0. The van der Waals surface area contributed by atoms with Crippen LogP contribution in [0, 0.1) is 6.92 Å². The zero-order valence-corrected chi connectivity index (χ0v) is 13.6. The Morgan fingerprint density at radius 1 is 1.52 bits per heavy atom. The summed E-state index contributed by atoms with van der Waals surface area (Å²) < 4.78 is 0. The Labute approximate surface area is 133 Å². The molecule has 0 aliphatic carbocycles. The minimum atomic E-state index is -0.393. The molecule has 2 atom stereocenters. The van der Waals surface area contributed by atoms with Crippen molar-refractivity contribution in [1.82, 2.24) is 4.90 Å². The Bertz CT molecular complexity index is 622. The van der Waals surface area contributed by atoms with Gasteiger partial charge in [-0.25, -0.2) is 0 Å². The second kappa shape index (κ2) is 5.21. The van der Waals surface area contributed by atoms with E-state index >= 15 is 0 Å². The maximum Gasteiger partial charge on any atom is 0.248 e. The third-order valence-electron chi connectivity index (χ3n) is 4.19. The van der Waals surface area contributed by atoms with Crippen molar-refractivity contribution in [3.8, 4) is 0 Å². The van der Waals surface area contributed by atoms with Crippen LogP contribution in [0.1, 0.15) is 25.3 Å². The van der Waals surface area contributed by atoms with Crippen LogP contribution in [0.4, 0.5) is 5.69 Å². The van der Waals surface area contributed by atoms with E-state index in [1.807, 2.05) is 26.0 Å². The van der Waals surface area contributed by atoms with E-state index in [0.29, 0.717) is 22.9 Å². The van der Waals surface area contributed by atoms with Gasteiger partial charge < -0.3 is 10.2 Å². The lowest BCUT2D eigenvalue weighted by atomic mass is 10.2. The third-order valence-corrected chi connectivity index (χ3v) is 6.10. The molecule has 0 aromatic heterocycles. The molecule has 1 N–H and O–H groups in total. The maximum absolute atomic E-state index is 12.5. The molecule has 21 heavy (non-hydrogen) atoms. The summed E-state index contributed by atoms with van der Waals surface area (Å²) in [6.07, 6.45) is 1.35. The average Bonchev–Trinajstić information content (AvgIpc) is 2.91. The first-order chi connectivity index (χ1) is 9.90. The van der Waals surface area contributed by atoms with Crippen LogP contribution in [0.25, 0.3) is 0 Å². The van der Waals surface area contributed by atoms with Crippen molar-refractivity contribution in [3.63, 3.8) is 0 Å². The highest BCUT2D eigenvalue weighted by atomic mass is 35.5. The van der Waals surface area contributed by atoms with Crippen molar-refractivity contribution in [1.29, 1.82) is 0 Å². The van der Waals surface area contributed by atoms with Crippen LogP contribution in [0.3, 0.4) is 0 Å². The molecule has 3 rings (SSSR count). The molecular weight excluding hydrogens is 308 g/mol. The number of aryl methyl sites for hydroxylation is 1. The number of anilines is 1. The van der Waals surface area contributed by atoms with E-state index in [0.717, 1.165) is 12.0 Å². The van der Waals surface area contributed by atoms with Crippen molar-refractivity contribution >= 4 is 40.9 Å². The fourth-order valence-corrected chi connectivity index (χ4v) is 4.52. The van der Waals surface area contributed by atoms with Gasteiger partial charge in [0.25, 0.3) is 0 Å². The third kappa shape index (κ3) is 2.53. The van der Waals surface area contributed by atoms with Gasteiger partial charge in [-0.1, -0.05) is 17.7 Å². The molecule has 1 aromatic rings. The highest BCUT2D eigenvalue weighted by Gasteiger charge is 2.52. The lowest BCUT2D eigenvalue weighted by molar-refractivity contribution is -0.135. The number of rotatable bonds is 2. The van der Waals surface area contributed by atoms with Gasteiger partial charge in [0.05, 0.1) is 4.87 Å². The molecule has 0 spiro atoms. The second-order valence-electron chi connectivity index (χ2n) is 5.72. The standard InChI is InChI=1S/C15H17ClN2O2S/c1-9-3-4-10(7-11(9)16)17-14(20)12-8-21-15(2)6-5-13(19)18(12)15/h3-4,7,12H,5-6,8H2,1-2H3,(H,17,20)/t12-,15-/m1/s1. The minimum absolute atomic E-state index is 0.0737. The lowest BCUT2D eigenvalue weighted by Gasteiger charge is -2.29. The number of thioether (sulfide) groups is 1. The number of benzene rings is 1. The number of hydrogen-bond donors (Lipinski definition) is 1. The maximum atomic E-state index is 12.5. The first kappa shape index (κ1) is 14.7. The molecule has 1 aromatic carbocycles. The SMILES string of the molecule is Cc1ccc(NC(=O)[C@H]2CS[C@]3(C)CCC(=O)N23)cc1Cl. The Kier molecular flexibility index (Phi) is 3.66. The quantitative estimate of drug-likeness (QED) is 0.909. The number of amides is 2. The average molecular weight is 325 g/mol. The highest BCUT2D eigenvalue weighted by molar-refractivity contribution is 8.01. The monoisotopic (exact) mass is 324 g/mol. The molecule has 2 fully saturated rings. The molecule has 0 unspecified atom stereocenters. The van der Waals surface area contributed by atoms with E-state index in [4.69, 9.17) is 11.6 Å².